The number of aryl methyl sites for hydroxylation is 1. The Hall–Kier alpha value is -3.12. The maximum absolute atomic E-state index is 12.2. The first-order valence-electron chi connectivity index (χ1n) is 8.83. The molecule has 0 fully saturated rings. The second-order valence-electron chi connectivity index (χ2n) is 6.25. The SMILES string of the molecule is COc1ccc(CCNC(=O)c2ccc(Nc3ccc(C)c(Cl)c3)nn2)cc1. The van der Waals surface area contributed by atoms with E-state index in [1.807, 2.05) is 49.4 Å². The zero-order valence-electron chi connectivity index (χ0n) is 15.7. The van der Waals surface area contributed by atoms with Crippen LogP contribution >= 0.6 is 11.6 Å². The number of hydrogen-bond acceptors (Lipinski definition) is 5. The van der Waals surface area contributed by atoms with Crippen LogP contribution in [-0.2, 0) is 6.42 Å². The predicted molar refractivity (Wildman–Crippen MR) is 111 cm³/mol. The van der Waals surface area contributed by atoms with Gasteiger partial charge in [-0.25, -0.2) is 0 Å². The Morgan fingerprint density at radius 1 is 1.07 bits per heavy atom. The van der Waals surface area contributed by atoms with Crippen LogP contribution in [0, 0.1) is 6.92 Å². The van der Waals surface area contributed by atoms with Crippen molar-refractivity contribution in [2.45, 2.75) is 13.3 Å². The molecule has 0 aliphatic carbocycles. The van der Waals surface area contributed by atoms with Gasteiger partial charge in [0.05, 0.1) is 7.11 Å². The van der Waals surface area contributed by atoms with E-state index in [2.05, 4.69) is 20.8 Å². The van der Waals surface area contributed by atoms with E-state index >= 15 is 0 Å². The third kappa shape index (κ3) is 5.20. The lowest BCUT2D eigenvalue weighted by atomic mass is 10.1. The minimum Gasteiger partial charge on any atom is -0.497 e. The summed E-state index contributed by atoms with van der Waals surface area (Å²) in [4.78, 5) is 12.2. The van der Waals surface area contributed by atoms with Crippen LogP contribution in [-0.4, -0.2) is 29.8 Å². The molecule has 7 heteroatoms. The number of methoxy groups -OCH3 is 1. The number of carbonyl (C=O) groups is 1. The largest absolute Gasteiger partial charge is 0.497 e. The molecule has 0 atom stereocenters. The van der Waals surface area contributed by atoms with Crippen LogP contribution in [0.2, 0.25) is 5.02 Å². The molecule has 0 spiro atoms. The molecule has 0 unspecified atom stereocenters. The molecular weight excluding hydrogens is 376 g/mol. The lowest BCUT2D eigenvalue weighted by Gasteiger charge is -2.08. The highest BCUT2D eigenvalue weighted by Gasteiger charge is 2.08. The van der Waals surface area contributed by atoms with Gasteiger partial charge in [-0.05, 0) is 60.9 Å². The number of amides is 1. The summed E-state index contributed by atoms with van der Waals surface area (Å²) in [5.41, 5.74) is 3.19. The summed E-state index contributed by atoms with van der Waals surface area (Å²) >= 11 is 6.12. The number of carbonyl (C=O) groups excluding carboxylic acids is 1. The molecule has 1 heterocycles. The van der Waals surface area contributed by atoms with Crippen LogP contribution in [0.1, 0.15) is 21.6 Å². The Kier molecular flexibility index (Phi) is 6.45. The predicted octanol–water partition coefficient (Wildman–Crippen LogP) is 4.16. The fourth-order valence-corrected chi connectivity index (χ4v) is 2.72. The van der Waals surface area contributed by atoms with Crippen molar-refractivity contribution in [1.29, 1.82) is 0 Å². The highest BCUT2D eigenvalue weighted by Crippen LogP contribution is 2.22. The van der Waals surface area contributed by atoms with Crippen molar-refractivity contribution in [3.63, 3.8) is 0 Å². The molecule has 3 aromatic rings. The van der Waals surface area contributed by atoms with Gasteiger partial charge in [0.2, 0.25) is 0 Å². The number of hydrogen-bond donors (Lipinski definition) is 2. The van der Waals surface area contributed by atoms with Crippen molar-refractivity contribution in [2.75, 3.05) is 19.0 Å². The van der Waals surface area contributed by atoms with E-state index in [1.165, 1.54) is 0 Å². The first kappa shape index (κ1) is 19.6. The number of anilines is 2. The topological polar surface area (TPSA) is 76.1 Å². The summed E-state index contributed by atoms with van der Waals surface area (Å²) in [5.74, 6) is 1.09. The highest BCUT2D eigenvalue weighted by atomic mass is 35.5. The Balaban J connectivity index is 1.52. The van der Waals surface area contributed by atoms with Crippen molar-refractivity contribution in [3.05, 3.63) is 76.4 Å². The van der Waals surface area contributed by atoms with Crippen molar-refractivity contribution < 1.29 is 9.53 Å². The van der Waals surface area contributed by atoms with Gasteiger partial charge in [-0.15, -0.1) is 10.2 Å². The number of rotatable bonds is 7. The monoisotopic (exact) mass is 396 g/mol. The maximum atomic E-state index is 12.2. The van der Waals surface area contributed by atoms with E-state index in [0.29, 0.717) is 17.4 Å². The van der Waals surface area contributed by atoms with Crippen LogP contribution in [0.5, 0.6) is 5.75 Å². The van der Waals surface area contributed by atoms with Gasteiger partial charge < -0.3 is 15.4 Å². The molecular formula is C21H21ClN4O2. The smallest absolute Gasteiger partial charge is 0.271 e. The first-order valence-corrected chi connectivity index (χ1v) is 9.21. The molecule has 1 aromatic heterocycles. The number of nitrogens with zero attached hydrogens (tertiary/aromatic N) is 2. The van der Waals surface area contributed by atoms with E-state index in [0.717, 1.165) is 29.0 Å². The maximum Gasteiger partial charge on any atom is 0.271 e. The summed E-state index contributed by atoms with van der Waals surface area (Å²) in [7, 11) is 1.63. The fraction of sp³-hybridized carbons (Fsp3) is 0.190. The van der Waals surface area contributed by atoms with E-state index in [9.17, 15) is 4.79 Å². The van der Waals surface area contributed by atoms with Crippen LogP contribution in [0.3, 0.4) is 0 Å². The van der Waals surface area contributed by atoms with E-state index in [4.69, 9.17) is 16.3 Å². The zero-order valence-corrected chi connectivity index (χ0v) is 16.5. The third-order valence-electron chi connectivity index (χ3n) is 4.20. The number of aromatic nitrogens is 2. The molecule has 144 valence electrons. The molecule has 0 bridgehead atoms. The Morgan fingerprint density at radius 3 is 2.50 bits per heavy atom. The standard InChI is InChI=1S/C21H21ClN4O2/c1-14-3-6-16(13-18(14)22)24-20-10-9-19(25-26-20)21(27)23-12-11-15-4-7-17(28-2)8-5-15/h3-10,13H,11-12H2,1-2H3,(H,23,27)(H,24,26). The van der Waals surface area contributed by atoms with Gasteiger partial charge in [0.15, 0.2) is 11.5 Å². The van der Waals surface area contributed by atoms with Crippen LogP contribution < -0.4 is 15.4 Å². The Labute approximate surface area is 168 Å². The molecule has 0 aliphatic rings. The molecule has 2 aromatic carbocycles. The van der Waals surface area contributed by atoms with Crippen LogP contribution in [0.25, 0.3) is 0 Å². The van der Waals surface area contributed by atoms with Crippen molar-refractivity contribution in [2.24, 2.45) is 0 Å². The molecule has 28 heavy (non-hydrogen) atoms. The van der Waals surface area contributed by atoms with Gasteiger partial charge in [0.25, 0.3) is 5.91 Å². The minimum atomic E-state index is -0.258. The van der Waals surface area contributed by atoms with Crippen molar-refractivity contribution in [3.8, 4) is 5.75 Å². The summed E-state index contributed by atoms with van der Waals surface area (Å²) in [6.07, 6.45) is 0.719. The molecule has 2 N–H and O–H groups in total. The lowest BCUT2D eigenvalue weighted by Crippen LogP contribution is -2.26. The first-order chi connectivity index (χ1) is 13.5. The second kappa shape index (κ2) is 9.19. The van der Waals surface area contributed by atoms with Gasteiger partial charge in [-0.3, -0.25) is 4.79 Å². The highest BCUT2D eigenvalue weighted by molar-refractivity contribution is 6.31. The van der Waals surface area contributed by atoms with Gasteiger partial charge in [-0.1, -0.05) is 29.8 Å². The van der Waals surface area contributed by atoms with Gasteiger partial charge in [0, 0.05) is 17.3 Å². The molecule has 0 radical (unpaired) electrons. The van der Waals surface area contributed by atoms with Gasteiger partial charge >= 0.3 is 0 Å². The third-order valence-corrected chi connectivity index (χ3v) is 4.61. The lowest BCUT2D eigenvalue weighted by molar-refractivity contribution is 0.0948. The van der Waals surface area contributed by atoms with Crippen molar-refractivity contribution in [1.82, 2.24) is 15.5 Å². The fourth-order valence-electron chi connectivity index (χ4n) is 2.54. The van der Waals surface area contributed by atoms with Crippen LogP contribution in [0.15, 0.2) is 54.6 Å². The number of nitrogens with one attached hydrogen (secondary N) is 2. The Bertz CT molecular complexity index is 944. The summed E-state index contributed by atoms with van der Waals surface area (Å²) in [6, 6.07) is 16.7. The number of halogens is 1. The summed E-state index contributed by atoms with van der Waals surface area (Å²) in [5, 5.41) is 14.7. The minimum absolute atomic E-state index is 0.258. The molecule has 1 amide bonds. The molecule has 6 nitrogen and oxygen atoms in total. The second-order valence-corrected chi connectivity index (χ2v) is 6.65. The summed E-state index contributed by atoms with van der Waals surface area (Å²) in [6.45, 7) is 2.45. The average Bonchev–Trinajstić information content (AvgIpc) is 2.72. The van der Waals surface area contributed by atoms with E-state index < -0.39 is 0 Å². The number of ether oxygens (including phenoxy) is 1. The Morgan fingerprint density at radius 2 is 1.86 bits per heavy atom. The van der Waals surface area contributed by atoms with E-state index in [-0.39, 0.29) is 11.6 Å². The van der Waals surface area contributed by atoms with Crippen LogP contribution in [0.4, 0.5) is 11.5 Å². The molecule has 0 saturated carbocycles. The molecule has 0 saturated heterocycles. The quantitative estimate of drug-likeness (QED) is 0.627. The molecule has 3 rings (SSSR count). The average molecular weight is 397 g/mol. The molecule has 0 aliphatic heterocycles. The zero-order chi connectivity index (χ0) is 19.9. The number of benzene rings is 2. The van der Waals surface area contributed by atoms with Crippen molar-refractivity contribution >= 4 is 29.0 Å². The summed E-state index contributed by atoms with van der Waals surface area (Å²) < 4.78 is 5.13. The van der Waals surface area contributed by atoms with Gasteiger partial charge in [-0.2, -0.15) is 0 Å². The van der Waals surface area contributed by atoms with Gasteiger partial charge in [0.1, 0.15) is 5.75 Å². The normalized spacial score (nSPS) is 10.4. The van der Waals surface area contributed by atoms with E-state index in [1.54, 1.807) is 19.2 Å².